The molecule has 1 amide bonds. The molecule has 0 spiro atoms. The summed E-state index contributed by atoms with van der Waals surface area (Å²) in [4.78, 5) is 14.9. The van der Waals surface area contributed by atoms with Gasteiger partial charge in [0.05, 0.1) is 24.4 Å². The first-order chi connectivity index (χ1) is 17.2. The quantitative estimate of drug-likeness (QED) is 0.407. The number of aromatic amines is 1. The lowest BCUT2D eigenvalue weighted by atomic mass is 10.0. The van der Waals surface area contributed by atoms with Gasteiger partial charge in [0.15, 0.2) is 0 Å². The van der Waals surface area contributed by atoms with Crippen molar-refractivity contribution in [2.75, 3.05) is 31.6 Å². The van der Waals surface area contributed by atoms with E-state index in [9.17, 15) is 4.79 Å². The number of ether oxygens (including phenoxy) is 1. The lowest BCUT2D eigenvalue weighted by molar-refractivity contribution is -0.110. The standard InChI is InChI=1S/C29H26N4O2/c34-29-25(23-3-1-2-4-26(23)30-29)17-22-9-11-24-27(31-32-28(24)18-22)12-10-20-5-7-21(8-6-20)19-33-13-15-35-16-14-33/h1-12,17-18H,13-16,19H2,(H,30,34)(H,31,32). The Morgan fingerprint density at radius 1 is 0.943 bits per heavy atom. The normalized spacial score (nSPS) is 17.4. The van der Waals surface area contributed by atoms with Crippen LogP contribution in [-0.2, 0) is 16.1 Å². The van der Waals surface area contributed by atoms with Crippen LogP contribution in [0.4, 0.5) is 5.69 Å². The molecular formula is C29H26N4O2. The molecule has 0 bridgehead atoms. The second kappa shape index (κ2) is 9.33. The first-order valence-electron chi connectivity index (χ1n) is 11.9. The van der Waals surface area contributed by atoms with Crippen LogP contribution in [0.15, 0.2) is 66.7 Å². The first-order valence-corrected chi connectivity index (χ1v) is 11.9. The molecule has 0 aliphatic carbocycles. The number of hydrogen-bond acceptors (Lipinski definition) is 4. The molecule has 2 aliphatic rings. The number of amides is 1. The van der Waals surface area contributed by atoms with Gasteiger partial charge in [-0.25, -0.2) is 0 Å². The van der Waals surface area contributed by atoms with E-state index >= 15 is 0 Å². The number of carbonyl (C=O) groups excluding carboxylic acids is 1. The molecule has 0 unspecified atom stereocenters. The van der Waals surface area contributed by atoms with E-state index < -0.39 is 0 Å². The highest BCUT2D eigenvalue weighted by Gasteiger charge is 2.23. The zero-order chi connectivity index (χ0) is 23.6. The fraction of sp³-hybridized carbons (Fsp3) is 0.172. The molecule has 6 rings (SSSR count). The van der Waals surface area contributed by atoms with Crippen LogP contribution in [0.3, 0.4) is 0 Å². The van der Waals surface area contributed by atoms with Gasteiger partial charge in [0, 0.05) is 41.8 Å². The van der Waals surface area contributed by atoms with Crippen molar-refractivity contribution in [1.29, 1.82) is 0 Å². The summed E-state index contributed by atoms with van der Waals surface area (Å²) in [7, 11) is 0. The number of nitrogens with zero attached hydrogens (tertiary/aromatic N) is 2. The largest absolute Gasteiger partial charge is 0.379 e. The molecule has 6 nitrogen and oxygen atoms in total. The highest BCUT2D eigenvalue weighted by atomic mass is 16.5. The van der Waals surface area contributed by atoms with Crippen LogP contribution in [0.2, 0.25) is 0 Å². The Morgan fingerprint density at radius 2 is 1.74 bits per heavy atom. The number of hydrogen-bond donors (Lipinski definition) is 2. The van der Waals surface area contributed by atoms with Gasteiger partial charge in [-0.3, -0.25) is 14.8 Å². The van der Waals surface area contributed by atoms with Gasteiger partial charge in [-0.2, -0.15) is 5.10 Å². The molecule has 0 radical (unpaired) electrons. The molecule has 174 valence electrons. The van der Waals surface area contributed by atoms with Gasteiger partial charge in [0.1, 0.15) is 0 Å². The minimum absolute atomic E-state index is 0.0736. The van der Waals surface area contributed by atoms with E-state index in [4.69, 9.17) is 4.74 Å². The molecule has 0 atom stereocenters. The average Bonchev–Trinajstić information content (AvgIpc) is 3.44. The number of fused-ring (bicyclic) bond motifs is 2. The summed E-state index contributed by atoms with van der Waals surface area (Å²) in [5, 5.41) is 11.6. The predicted octanol–water partition coefficient (Wildman–Crippen LogP) is 5.06. The van der Waals surface area contributed by atoms with Crippen molar-refractivity contribution >= 4 is 46.3 Å². The lowest BCUT2D eigenvalue weighted by Gasteiger charge is -2.26. The smallest absolute Gasteiger partial charge is 0.256 e. The third-order valence-electron chi connectivity index (χ3n) is 6.56. The van der Waals surface area contributed by atoms with Gasteiger partial charge in [-0.15, -0.1) is 0 Å². The Labute approximate surface area is 203 Å². The van der Waals surface area contributed by atoms with Crippen molar-refractivity contribution in [3.8, 4) is 0 Å². The van der Waals surface area contributed by atoms with E-state index in [1.807, 2.05) is 48.6 Å². The molecular weight excluding hydrogens is 436 g/mol. The summed E-state index contributed by atoms with van der Waals surface area (Å²) < 4.78 is 5.43. The molecule has 35 heavy (non-hydrogen) atoms. The molecule has 4 aromatic rings. The fourth-order valence-electron chi connectivity index (χ4n) is 4.65. The zero-order valence-corrected chi connectivity index (χ0v) is 19.3. The van der Waals surface area contributed by atoms with Crippen LogP contribution < -0.4 is 5.32 Å². The van der Waals surface area contributed by atoms with Crippen LogP contribution in [0, 0.1) is 0 Å². The number of anilines is 1. The lowest BCUT2D eigenvalue weighted by Crippen LogP contribution is -2.35. The van der Waals surface area contributed by atoms with Gasteiger partial charge >= 0.3 is 0 Å². The number of benzene rings is 3. The Kier molecular flexibility index (Phi) is 5.74. The Morgan fingerprint density at radius 3 is 2.60 bits per heavy atom. The maximum absolute atomic E-state index is 12.4. The third kappa shape index (κ3) is 4.54. The summed E-state index contributed by atoms with van der Waals surface area (Å²) in [5.74, 6) is -0.0736. The van der Waals surface area contributed by atoms with Gasteiger partial charge in [0.2, 0.25) is 0 Å². The highest BCUT2D eigenvalue weighted by molar-refractivity contribution is 6.34. The number of nitrogens with one attached hydrogen (secondary N) is 2. The monoisotopic (exact) mass is 462 g/mol. The van der Waals surface area contributed by atoms with Crippen LogP contribution >= 0.6 is 0 Å². The van der Waals surface area contributed by atoms with Crippen molar-refractivity contribution in [3.05, 3.63) is 94.7 Å². The molecule has 3 aromatic carbocycles. The van der Waals surface area contributed by atoms with E-state index in [0.29, 0.717) is 5.57 Å². The summed E-state index contributed by atoms with van der Waals surface area (Å²) in [6, 6.07) is 22.5. The second-order valence-electron chi connectivity index (χ2n) is 8.94. The first kappa shape index (κ1) is 21.5. The van der Waals surface area contributed by atoms with E-state index in [1.165, 1.54) is 5.56 Å². The Bertz CT molecular complexity index is 1440. The van der Waals surface area contributed by atoms with Crippen LogP contribution in [-0.4, -0.2) is 47.3 Å². The third-order valence-corrected chi connectivity index (χ3v) is 6.56. The maximum Gasteiger partial charge on any atom is 0.256 e. The summed E-state index contributed by atoms with van der Waals surface area (Å²) in [5.41, 5.74) is 7.70. The summed E-state index contributed by atoms with van der Waals surface area (Å²) >= 11 is 0. The number of morpholine rings is 1. The summed E-state index contributed by atoms with van der Waals surface area (Å²) in [6.45, 7) is 4.59. The van der Waals surface area contributed by atoms with Crippen molar-refractivity contribution in [2.45, 2.75) is 6.54 Å². The van der Waals surface area contributed by atoms with Crippen molar-refractivity contribution in [3.63, 3.8) is 0 Å². The second-order valence-corrected chi connectivity index (χ2v) is 8.94. The van der Waals surface area contributed by atoms with Crippen LogP contribution in [0.5, 0.6) is 0 Å². The summed E-state index contributed by atoms with van der Waals surface area (Å²) in [6.07, 6.45) is 6.05. The molecule has 2 aliphatic heterocycles. The predicted molar refractivity (Wildman–Crippen MR) is 141 cm³/mol. The molecule has 2 N–H and O–H groups in total. The minimum atomic E-state index is -0.0736. The SMILES string of the molecule is O=C1Nc2ccccc2C1=Cc1ccc2c(C=Cc3ccc(CN4CCOCC4)cc3)n[nH]c2c1. The number of H-pyrrole nitrogens is 1. The molecule has 3 heterocycles. The zero-order valence-electron chi connectivity index (χ0n) is 19.3. The van der Waals surface area contributed by atoms with Crippen molar-refractivity contribution < 1.29 is 9.53 Å². The topological polar surface area (TPSA) is 70.2 Å². The van der Waals surface area contributed by atoms with E-state index in [0.717, 1.165) is 71.8 Å². The van der Waals surface area contributed by atoms with Gasteiger partial charge < -0.3 is 10.1 Å². The van der Waals surface area contributed by atoms with Crippen molar-refractivity contribution in [1.82, 2.24) is 15.1 Å². The molecule has 6 heteroatoms. The average molecular weight is 463 g/mol. The van der Waals surface area contributed by atoms with Gasteiger partial charge in [-0.1, -0.05) is 54.6 Å². The Hall–Kier alpha value is -4.00. The molecule has 1 fully saturated rings. The maximum atomic E-state index is 12.4. The fourth-order valence-corrected chi connectivity index (χ4v) is 4.65. The molecule has 0 saturated carbocycles. The highest BCUT2D eigenvalue weighted by Crippen LogP contribution is 2.33. The van der Waals surface area contributed by atoms with E-state index in [1.54, 1.807) is 0 Å². The van der Waals surface area contributed by atoms with Crippen LogP contribution in [0.1, 0.15) is 27.9 Å². The van der Waals surface area contributed by atoms with Crippen LogP contribution in [0.25, 0.3) is 34.7 Å². The van der Waals surface area contributed by atoms with E-state index in [-0.39, 0.29) is 5.91 Å². The number of para-hydroxylation sites is 1. The minimum Gasteiger partial charge on any atom is -0.379 e. The number of aromatic nitrogens is 2. The van der Waals surface area contributed by atoms with Gasteiger partial charge in [0.25, 0.3) is 5.91 Å². The molecule has 1 aromatic heterocycles. The molecule has 1 saturated heterocycles. The number of carbonyl (C=O) groups is 1. The number of rotatable bonds is 5. The Balaban J connectivity index is 1.18. The van der Waals surface area contributed by atoms with Gasteiger partial charge in [-0.05, 0) is 47.0 Å². The van der Waals surface area contributed by atoms with Crippen molar-refractivity contribution in [2.24, 2.45) is 0 Å². The van der Waals surface area contributed by atoms with E-state index in [2.05, 4.69) is 56.8 Å².